The fourth-order valence-corrected chi connectivity index (χ4v) is 2.41. The van der Waals surface area contributed by atoms with Crippen molar-refractivity contribution in [2.45, 2.75) is 18.7 Å². The number of halogens is 1. The molecule has 16 heavy (non-hydrogen) atoms. The van der Waals surface area contributed by atoms with Crippen molar-refractivity contribution in [2.24, 2.45) is 5.92 Å². The Morgan fingerprint density at radius 3 is 2.56 bits per heavy atom. The number of sulfonamides is 1. The Morgan fingerprint density at radius 1 is 1.44 bits per heavy atom. The Morgan fingerprint density at radius 2 is 2.06 bits per heavy atom. The quantitative estimate of drug-likeness (QED) is 0.814. The molecule has 0 bridgehead atoms. The normalized spacial score (nSPS) is 12.0. The topological polar surface area (TPSA) is 72.2 Å². The highest BCUT2D eigenvalue weighted by molar-refractivity contribution is 7.89. The molecule has 0 radical (unpaired) electrons. The molecule has 0 aliphatic carbocycles. The minimum Gasteiger partial charge on any atom is -0.397 e. The van der Waals surface area contributed by atoms with Crippen molar-refractivity contribution in [2.75, 3.05) is 12.3 Å². The summed E-state index contributed by atoms with van der Waals surface area (Å²) in [5.41, 5.74) is 5.81. The minimum absolute atomic E-state index is 0.134. The van der Waals surface area contributed by atoms with Crippen LogP contribution in [0.4, 0.5) is 5.69 Å². The van der Waals surface area contributed by atoms with E-state index in [4.69, 9.17) is 17.3 Å². The average molecular weight is 263 g/mol. The molecule has 6 heteroatoms. The van der Waals surface area contributed by atoms with Crippen LogP contribution in [0.2, 0.25) is 5.02 Å². The first kappa shape index (κ1) is 13.3. The van der Waals surface area contributed by atoms with Crippen molar-refractivity contribution in [1.29, 1.82) is 0 Å². The largest absolute Gasteiger partial charge is 0.397 e. The molecule has 0 aromatic heterocycles. The Kier molecular flexibility index (Phi) is 4.18. The zero-order chi connectivity index (χ0) is 12.3. The van der Waals surface area contributed by atoms with Crippen LogP contribution in [0.3, 0.4) is 0 Å². The predicted molar refractivity (Wildman–Crippen MR) is 65.9 cm³/mol. The zero-order valence-corrected chi connectivity index (χ0v) is 10.8. The van der Waals surface area contributed by atoms with Gasteiger partial charge < -0.3 is 5.73 Å². The second-order valence-corrected chi connectivity index (χ2v) is 6.10. The van der Waals surface area contributed by atoms with Crippen LogP contribution in [0, 0.1) is 5.92 Å². The predicted octanol–water partition coefficient (Wildman–Crippen LogP) is 1.86. The molecule has 1 aromatic rings. The average Bonchev–Trinajstić information content (AvgIpc) is 2.19. The zero-order valence-electron chi connectivity index (χ0n) is 9.20. The number of nitrogens with one attached hydrogen (secondary N) is 1. The first-order chi connectivity index (χ1) is 7.33. The Labute approximate surface area is 101 Å². The molecule has 0 aliphatic rings. The summed E-state index contributed by atoms with van der Waals surface area (Å²) in [6, 6.07) is 4.26. The van der Waals surface area contributed by atoms with Gasteiger partial charge in [0.25, 0.3) is 0 Å². The highest BCUT2D eigenvalue weighted by atomic mass is 35.5. The van der Waals surface area contributed by atoms with Gasteiger partial charge in [0.15, 0.2) is 0 Å². The summed E-state index contributed by atoms with van der Waals surface area (Å²) in [4.78, 5) is 0.134. The SMILES string of the molecule is CC(C)CNS(=O)(=O)c1ccc(Cl)c(N)c1. The molecule has 0 unspecified atom stereocenters. The fourth-order valence-electron chi connectivity index (χ4n) is 1.05. The molecule has 0 saturated heterocycles. The van der Waals surface area contributed by atoms with Crippen LogP contribution in [0.5, 0.6) is 0 Å². The molecule has 0 fully saturated rings. The van der Waals surface area contributed by atoms with E-state index in [1.54, 1.807) is 0 Å². The third kappa shape index (κ3) is 3.37. The number of nitrogens with two attached hydrogens (primary N) is 1. The third-order valence-corrected chi connectivity index (χ3v) is 3.72. The smallest absolute Gasteiger partial charge is 0.240 e. The molecule has 0 atom stereocenters. The highest BCUT2D eigenvalue weighted by Gasteiger charge is 2.14. The number of nitrogen functional groups attached to an aromatic ring is 1. The minimum atomic E-state index is -3.48. The molecule has 3 N–H and O–H groups in total. The van der Waals surface area contributed by atoms with Crippen LogP contribution < -0.4 is 10.5 Å². The van der Waals surface area contributed by atoms with Crippen LogP contribution in [0.15, 0.2) is 23.1 Å². The van der Waals surface area contributed by atoms with E-state index in [2.05, 4.69) is 4.72 Å². The lowest BCUT2D eigenvalue weighted by Gasteiger charge is -2.09. The molecular formula is C10H15ClN2O2S. The standard InChI is InChI=1S/C10H15ClN2O2S/c1-7(2)6-13-16(14,15)8-3-4-9(11)10(12)5-8/h3-5,7,13H,6,12H2,1-2H3. The van der Waals surface area contributed by atoms with Crippen LogP contribution in [0.1, 0.15) is 13.8 Å². The van der Waals surface area contributed by atoms with Crippen molar-refractivity contribution in [3.8, 4) is 0 Å². The molecule has 0 saturated carbocycles. The first-order valence-electron chi connectivity index (χ1n) is 4.87. The van der Waals surface area contributed by atoms with Gasteiger partial charge in [0.2, 0.25) is 10.0 Å². The molecule has 1 aromatic carbocycles. The monoisotopic (exact) mass is 262 g/mol. The summed E-state index contributed by atoms with van der Waals surface area (Å²) < 4.78 is 26.1. The van der Waals surface area contributed by atoms with Gasteiger partial charge in [-0.3, -0.25) is 0 Å². The lowest BCUT2D eigenvalue weighted by molar-refractivity contribution is 0.560. The van der Waals surface area contributed by atoms with Crippen LogP contribution >= 0.6 is 11.6 Å². The molecule has 0 spiro atoms. The van der Waals surface area contributed by atoms with Gasteiger partial charge in [-0.1, -0.05) is 25.4 Å². The molecular weight excluding hydrogens is 248 g/mol. The van der Waals surface area contributed by atoms with Gasteiger partial charge in [0, 0.05) is 6.54 Å². The summed E-state index contributed by atoms with van der Waals surface area (Å²) in [6.07, 6.45) is 0. The van der Waals surface area contributed by atoms with E-state index >= 15 is 0 Å². The van der Waals surface area contributed by atoms with Gasteiger partial charge in [-0.05, 0) is 24.1 Å². The summed E-state index contributed by atoms with van der Waals surface area (Å²) in [5, 5.41) is 0.350. The van der Waals surface area contributed by atoms with Crippen molar-refractivity contribution >= 4 is 27.3 Å². The van der Waals surface area contributed by atoms with Crippen LogP contribution in [-0.2, 0) is 10.0 Å². The van der Waals surface area contributed by atoms with E-state index in [1.165, 1.54) is 18.2 Å². The van der Waals surface area contributed by atoms with Gasteiger partial charge in [-0.2, -0.15) is 0 Å². The Bertz CT molecular complexity index is 472. The van der Waals surface area contributed by atoms with E-state index in [0.717, 1.165) is 0 Å². The maximum Gasteiger partial charge on any atom is 0.240 e. The fraction of sp³-hybridized carbons (Fsp3) is 0.400. The van der Waals surface area contributed by atoms with Crippen molar-refractivity contribution in [3.05, 3.63) is 23.2 Å². The number of hydrogen-bond donors (Lipinski definition) is 2. The number of hydrogen-bond acceptors (Lipinski definition) is 3. The van der Waals surface area contributed by atoms with Crippen LogP contribution in [-0.4, -0.2) is 15.0 Å². The summed E-state index contributed by atoms with van der Waals surface area (Å²) >= 11 is 5.72. The maximum atomic E-state index is 11.8. The van der Waals surface area contributed by atoms with E-state index in [9.17, 15) is 8.42 Å². The second-order valence-electron chi connectivity index (χ2n) is 3.93. The number of rotatable bonds is 4. The van der Waals surface area contributed by atoms with Crippen molar-refractivity contribution in [3.63, 3.8) is 0 Å². The highest BCUT2D eigenvalue weighted by Crippen LogP contribution is 2.22. The number of anilines is 1. The lowest BCUT2D eigenvalue weighted by atomic mass is 10.2. The second kappa shape index (κ2) is 5.03. The van der Waals surface area contributed by atoms with E-state index < -0.39 is 10.0 Å². The van der Waals surface area contributed by atoms with E-state index in [0.29, 0.717) is 11.6 Å². The summed E-state index contributed by atoms with van der Waals surface area (Å²) in [7, 11) is -3.48. The van der Waals surface area contributed by atoms with Crippen molar-refractivity contribution in [1.82, 2.24) is 4.72 Å². The number of benzene rings is 1. The van der Waals surface area contributed by atoms with Gasteiger partial charge in [0.1, 0.15) is 0 Å². The molecule has 4 nitrogen and oxygen atoms in total. The van der Waals surface area contributed by atoms with Gasteiger partial charge in [-0.15, -0.1) is 0 Å². The third-order valence-electron chi connectivity index (χ3n) is 1.96. The Balaban J connectivity index is 2.94. The summed E-state index contributed by atoms with van der Waals surface area (Å²) in [5.74, 6) is 0.249. The molecule has 0 amide bonds. The summed E-state index contributed by atoms with van der Waals surface area (Å²) in [6.45, 7) is 4.25. The van der Waals surface area contributed by atoms with Crippen LogP contribution in [0.25, 0.3) is 0 Å². The van der Waals surface area contributed by atoms with Gasteiger partial charge in [0.05, 0.1) is 15.6 Å². The molecule has 1 rings (SSSR count). The maximum absolute atomic E-state index is 11.8. The van der Waals surface area contributed by atoms with Gasteiger partial charge >= 0.3 is 0 Å². The van der Waals surface area contributed by atoms with E-state index in [-0.39, 0.29) is 16.5 Å². The van der Waals surface area contributed by atoms with Gasteiger partial charge in [-0.25, -0.2) is 13.1 Å². The van der Waals surface area contributed by atoms with Crippen molar-refractivity contribution < 1.29 is 8.42 Å². The lowest BCUT2D eigenvalue weighted by Crippen LogP contribution is -2.27. The Hall–Kier alpha value is -0.780. The molecule has 90 valence electrons. The molecule has 0 aliphatic heterocycles. The van der Waals surface area contributed by atoms with E-state index in [1.807, 2.05) is 13.8 Å². The molecule has 0 heterocycles. The first-order valence-corrected chi connectivity index (χ1v) is 6.73.